The molecule has 3 aromatic heterocycles. The highest BCUT2D eigenvalue weighted by Gasteiger charge is 2.24. The number of pyridine rings is 2. The molecule has 14 heteroatoms. The van der Waals surface area contributed by atoms with Crippen LogP contribution in [-0.2, 0) is 36.5 Å². The number of nitrogens with zero attached hydrogens (tertiary/aromatic N) is 4. The Morgan fingerprint density at radius 2 is 1.68 bits per heavy atom. The van der Waals surface area contributed by atoms with E-state index in [2.05, 4.69) is 21.7 Å². The Kier molecular flexibility index (Phi) is 14.0. The number of anilines is 2. The van der Waals surface area contributed by atoms with E-state index in [4.69, 9.17) is 26.1 Å². The molecule has 1 fully saturated rings. The summed E-state index contributed by atoms with van der Waals surface area (Å²) in [5, 5.41) is 6.83. The molecule has 4 heterocycles. The Hall–Kier alpha value is -5.14. The fourth-order valence-electron chi connectivity index (χ4n) is 7.11. The number of nitrogens with one attached hydrogen (secondary N) is 2. The summed E-state index contributed by atoms with van der Waals surface area (Å²) in [6.07, 6.45) is 1.89. The summed E-state index contributed by atoms with van der Waals surface area (Å²) in [7, 11) is 4.38. The second kappa shape index (κ2) is 18.7. The highest BCUT2D eigenvalue weighted by Crippen LogP contribution is 2.41. The Bertz CT molecular complexity index is 2340. The highest BCUT2D eigenvalue weighted by molar-refractivity contribution is 6.36. The number of halogens is 3. The molecule has 1 saturated heterocycles. The second-order valence-electron chi connectivity index (χ2n) is 13.4. The van der Waals surface area contributed by atoms with Crippen LogP contribution in [0.2, 0.25) is 5.02 Å². The van der Waals surface area contributed by atoms with Gasteiger partial charge in [-0.3, -0.25) is 18.7 Å². The van der Waals surface area contributed by atoms with Crippen molar-refractivity contribution in [1.82, 2.24) is 24.4 Å². The number of hydrogen-bond acceptors (Lipinski definition) is 9. The van der Waals surface area contributed by atoms with E-state index in [1.54, 1.807) is 19.2 Å². The van der Waals surface area contributed by atoms with E-state index >= 15 is 0 Å². The zero-order valence-electron chi connectivity index (χ0n) is 32.9. The summed E-state index contributed by atoms with van der Waals surface area (Å²) in [5.74, 6) is 0.673. The zero-order valence-corrected chi connectivity index (χ0v) is 33.7. The summed E-state index contributed by atoms with van der Waals surface area (Å²) in [5.41, 5.74) is 4.88. The lowest BCUT2D eigenvalue weighted by molar-refractivity contribution is -0.148. The number of esters is 1. The average molecular weight is 791 g/mol. The van der Waals surface area contributed by atoms with Crippen molar-refractivity contribution in [2.24, 2.45) is 20.0 Å². The van der Waals surface area contributed by atoms with E-state index in [0.29, 0.717) is 23.2 Å². The van der Waals surface area contributed by atoms with Gasteiger partial charge in [0, 0.05) is 36.5 Å². The lowest BCUT2D eigenvalue weighted by Crippen LogP contribution is -2.37. The number of ether oxygens (including phenoxy) is 2. The Balaban J connectivity index is 0.000000396. The van der Waals surface area contributed by atoms with Gasteiger partial charge in [-0.15, -0.1) is 0 Å². The maximum Gasteiger partial charge on any atom is 0.330 e. The SMILES string of the molecule is CC.CCOC(=O)C1CCNCC1.COc1nc(-c2cccc(-c3cccc(Nc4nc(C(F)F)cc5c4c(=O)n(C)c(=O)n5C)c3C)c2Cl)cc2c1CCC2. The first kappa shape index (κ1) is 42.0. The van der Waals surface area contributed by atoms with Crippen LogP contribution >= 0.6 is 11.6 Å². The number of aryl methyl sites for hydroxylation is 2. The van der Waals surface area contributed by atoms with Crippen molar-refractivity contribution < 1.29 is 23.0 Å². The van der Waals surface area contributed by atoms with Gasteiger partial charge in [-0.05, 0) is 93.9 Å². The minimum atomic E-state index is -2.91. The fourth-order valence-corrected chi connectivity index (χ4v) is 7.43. The molecule has 2 aliphatic rings. The molecule has 0 saturated carbocycles. The first-order valence-electron chi connectivity index (χ1n) is 18.9. The van der Waals surface area contributed by atoms with Crippen LogP contribution in [0.4, 0.5) is 20.3 Å². The number of carbonyl (C=O) groups excluding carboxylic acids is 1. The third-order valence-corrected chi connectivity index (χ3v) is 10.5. The third kappa shape index (κ3) is 8.63. The van der Waals surface area contributed by atoms with Gasteiger partial charge in [0.05, 0.1) is 35.9 Å². The van der Waals surface area contributed by atoms with E-state index in [1.165, 1.54) is 19.7 Å². The van der Waals surface area contributed by atoms with Gasteiger partial charge in [0.1, 0.15) is 16.9 Å². The van der Waals surface area contributed by atoms with Crippen molar-refractivity contribution in [3.05, 3.63) is 96.8 Å². The van der Waals surface area contributed by atoms with Crippen LogP contribution < -0.4 is 26.6 Å². The van der Waals surface area contributed by atoms with Gasteiger partial charge in [-0.2, -0.15) is 0 Å². The predicted octanol–water partition coefficient (Wildman–Crippen LogP) is 8.08. The van der Waals surface area contributed by atoms with Crippen LogP contribution in [0, 0.1) is 12.8 Å². The van der Waals surface area contributed by atoms with E-state index < -0.39 is 23.4 Å². The number of carbonyl (C=O) groups is 1. The molecular formula is C42H49ClF2N6O5. The normalized spacial score (nSPS) is 13.7. The molecule has 0 bridgehead atoms. The van der Waals surface area contributed by atoms with Gasteiger partial charge < -0.3 is 20.1 Å². The zero-order chi connectivity index (χ0) is 40.7. The number of hydrogen-bond donors (Lipinski definition) is 2. The first-order chi connectivity index (χ1) is 26.9. The smallest absolute Gasteiger partial charge is 0.330 e. The summed E-state index contributed by atoms with van der Waals surface area (Å²) >= 11 is 7.04. The third-order valence-electron chi connectivity index (χ3n) is 10.1. The first-order valence-corrected chi connectivity index (χ1v) is 19.3. The lowest BCUT2D eigenvalue weighted by Gasteiger charge is -2.20. The van der Waals surface area contributed by atoms with Crippen LogP contribution in [0.25, 0.3) is 33.3 Å². The van der Waals surface area contributed by atoms with Gasteiger partial charge in [-0.1, -0.05) is 55.8 Å². The second-order valence-corrected chi connectivity index (χ2v) is 13.7. The number of methoxy groups -OCH3 is 1. The molecule has 5 aromatic rings. The van der Waals surface area contributed by atoms with Crippen molar-refractivity contribution >= 4 is 40.0 Å². The van der Waals surface area contributed by atoms with Crippen LogP contribution in [0.15, 0.2) is 58.1 Å². The van der Waals surface area contributed by atoms with E-state index in [0.717, 1.165) is 93.9 Å². The number of aromatic nitrogens is 4. The molecule has 11 nitrogen and oxygen atoms in total. The highest BCUT2D eigenvalue weighted by atomic mass is 35.5. The average Bonchev–Trinajstić information content (AvgIpc) is 3.70. The van der Waals surface area contributed by atoms with Crippen LogP contribution in [0.1, 0.15) is 68.8 Å². The topological polar surface area (TPSA) is 129 Å². The van der Waals surface area contributed by atoms with Crippen molar-refractivity contribution in [2.75, 3.05) is 32.1 Å². The molecular weight excluding hydrogens is 742 g/mol. The number of alkyl halides is 2. The molecule has 0 amide bonds. The Morgan fingerprint density at radius 3 is 2.36 bits per heavy atom. The molecule has 298 valence electrons. The summed E-state index contributed by atoms with van der Waals surface area (Å²) < 4.78 is 40.3. The number of rotatable bonds is 8. The molecule has 1 aliphatic carbocycles. The van der Waals surface area contributed by atoms with Crippen LogP contribution in [-0.4, -0.2) is 51.9 Å². The molecule has 2 N–H and O–H groups in total. The molecule has 0 spiro atoms. The van der Waals surface area contributed by atoms with Gasteiger partial charge >= 0.3 is 11.7 Å². The minimum Gasteiger partial charge on any atom is -0.481 e. The lowest BCUT2D eigenvalue weighted by atomic mass is 9.96. The molecule has 1 aliphatic heterocycles. The molecule has 0 radical (unpaired) electrons. The maximum absolute atomic E-state index is 13.8. The van der Waals surface area contributed by atoms with E-state index in [-0.39, 0.29) is 28.6 Å². The van der Waals surface area contributed by atoms with Crippen LogP contribution in [0.5, 0.6) is 5.88 Å². The number of piperidine rings is 1. The van der Waals surface area contributed by atoms with Crippen molar-refractivity contribution in [2.45, 2.75) is 66.2 Å². The summed E-state index contributed by atoms with van der Waals surface area (Å²) in [6.45, 7) is 10.1. The monoisotopic (exact) mass is 790 g/mol. The van der Waals surface area contributed by atoms with Crippen molar-refractivity contribution in [1.29, 1.82) is 0 Å². The Labute approximate surface area is 330 Å². The largest absolute Gasteiger partial charge is 0.481 e. The fraction of sp³-hybridized carbons (Fsp3) is 0.405. The number of benzene rings is 2. The van der Waals surface area contributed by atoms with Gasteiger partial charge in [0.25, 0.3) is 12.0 Å². The molecule has 0 atom stereocenters. The molecule has 7 rings (SSSR count). The van der Waals surface area contributed by atoms with Gasteiger partial charge in [0.2, 0.25) is 5.88 Å². The van der Waals surface area contributed by atoms with Crippen LogP contribution in [0.3, 0.4) is 0 Å². The number of fused-ring (bicyclic) bond motifs is 2. The predicted molar refractivity (Wildman–Crippen MR) is 217 cm³/mol. The summed E-state index contributed by atoms with van der Waals surface area (Å²) in [6, 6.07) is 14.3. The van der Waals surface area contributed by atoms with Crippen molar-refractivity contribution in [3.8, 4) is 28.3 Å². The van der Waals surface area contributed by atoms with Gasteiger partial charge in [0.15, 0.2) is 0 Å². The van der Waals surface area contributed by atoms with E-state index in [9.17, 15) is 23.2 Å². The summed E-state index contributed by atoms with van der Waals surface area (Å²) in [4.78, 5) is 45.7. The van der Waals surface area contributed by atoms with Crippen molar-refractivity contribution in [3.63, 3.8) is 0 Å². The standard InChI is InChI=1S/C32H28ClF2N5O3.C8H15NO2.C2H6/c1-16-18(20-11-6-12-21(27(20)33)23-14-17-8-5-10-19(17)30(38-23)43-4)9-7-13-22(16)36-29-26-25(15-24(37-29)28(34)35)39(2)32(42)40(3)31(26)41;1-2-11-8(10)7-3-5-9-6-4-7;1-2/h6-7,9,11-15,28H,5,8,10H2,1-4H3,(H,36,37);7,9H,2-6H2,1H3;1-2H3. The Morgan fingerprint density at radius 1 is 1.00 bits per heavy atom. The van der Waals surface area contributed by atoms with Gasteiger partial charge in [-0.25, -0.2) is 23.5 Å². The minimum absolute atomic E-state index is 0.0194. The quantitative estimate of drug-likeness (QED) is 0.150. The maximum atomic E-state index is 13.8. The molecule has 0 unspecified atom stereocenters. The molecule has 56 heavy (non-hydrogen) atoms. The van der Waals surface area contributed by atoms with E-state index in [1.807, 2.05) is 52.0 Å². The molecule has 2 aromatic carbocycles.